The van der Waals surface area contributed by atoms with Crippen molar-refractivity contribution in [3.63, 3.8) is 0 Å². The van der Waals surface area contributed by atoms with Crippen LogP contribution in [0.1, 0.15) is 35.3 Å². The third-order valence-electron chi connectivity index (χ3n) is 4.85. The van der Waals surface area contributed by atoms with E-state index in [9.17, 15) is 14.4 Å². The maximum absolute atomic E-state index is 12.3. The van der Waals surface area contributed by atoms with Crippen LogP contribution in [-0.2, 0) is 17.9 Å². The summed E-state index contributed by atoms with van der Waals surface area (Å²) in [6, 6.07) is 23.2. The summed E-state index contributed by atoms with van der Waals surface area (Å²) in [4.78, 5) is 35.9. The summed E-state index contributed by atoms with van der Waals surface area (Å²) in [6.07, 6.45) is 0. The van der Waals surface area contributed by atoms with E-state index < -0.39 is 11.8 Å². The van der Waals surface area contributed by atoms with Crippen molar-refractivity contribution in [2.24, 2.45) is 0 Å². The first kappa shape index (κ1) is 26.1. The molecular formula is C27H30N4O5. The van der Waals surface area contributed by atoms with Gasteiger partial charge in [-0.2, -0.15) is 0 Å². The van der Waals surface area contributed by atoms with Gasteiger partial charge in [-0.25, -0.2) is 4.79 Å². The smallest absolute Gasteiger partial charge is 0.315 e. The third kappa shape index (κ3) is 9.02. The summed E-state index contributed by atoms with van der Waals surface area (Å²) < 4.78 is 11.2. The third-order valence-corrected chi connectivity index (χ3v) is 4.85. The highest BCUT2D eigenvalue weighted by atomic mass is 16.5. The number of amides is 4. The largest absolute Gasteiger partial charge is 0.489 e. The summed E-state index contributed by atoms with van der Waals surface area (Å²) >= 11 is 0. The topological polar surface area (TPSA) is 118 Å². The number of nitrogens with one attached hydrogen (secondary N) is 4. The Bertz CT molecular complexity index is 1130. The minimum atomic E-state index is -0.510. The molecule has 0 bridgehead atoms. The van der Waals surface area contributed by atoms with Crippen LogP contribution in [0, 0.1) is 0 Å². The van der Waals surface area contributed by atoms with E-state index in [-0.39, 0.29) is 18.7 Å². The maximum Gasteiger partial charge on any atom is 0.315 e. The van der Waals surface area contributed by atoms with Crippen molar-refractivity contribution < 1.29 is 23.9 Å². The second-order valence-corrected chi connectivity index (χ2v) is 8.22. The summed E-state index contributed by atoms with van der Waals surface area (Å²) in [5, 5.41) is 5.47. The molecule has 0 aliphatic heterocycles. The number of carbonyl (C=O) groups excluding carboxylic acids is 3. The van der Waals surface area contributed by atoms with Crippen LogP contribution >= 0.6 is 0 Å². The van der Waals surface area contributed by atoms with Gasteiger partial charge < -0.3 is 20.1 Å². The summed E-state index contributed by atoms with van der Waals surface area (Å²) in [7, 11) is 0. The molecule has 0 aliphatic rings. The Morgan fingerprint density at radius 1 is 0.750 bits per heavy atom. The first-order valence-electron chi connectivity index (χ1n) is 11.5. The van der Waals surface area contributed by atoms with Gasteiger partial charge in [-0.15, -0.1) is 0 Å². The molecule has 0 unspecified atom stereocenters. The van der Waals surface area contributed by atoms with E-state index in [4.69, 9.17) is 9.47 Å². The number of hydrazine groups is 1. The van der Waals surface area contributed by atoms with Gasteiger partial charge >= 0.3 is 6.03 Å². The molecule has 0 heterocycles. The number of benzene rings is 3. The second-order valence-electron chi connectivity index (χ2n) is 8.22. The van der Waals surface area contributed by atoms with Crippen LogP contribution in [0.3, 0.4) is 0 Å². The zero-order valence-electron chi connectivity index (χ0n) is 20.2. The summed E-state index contributed by atoms with van der Waals surface area (Å²) in [5.74, 6) is 0.198. The van der Waals surface area contributed by atoms with Gasteiger partial charge in [0.15, 0.2) is 6.61 Å². The van der Waals surface area contributed by atoms with Gasteiger partial charge in [0.2, 0.25) is 0 Å². The van der Waals surface area contributed by atoms with Crippen LogP contribution in [0.4, 0.5) is 4.79 Å². The highest BCUT2D eigenvalue weighted by Crippen LogP contribution is 2.18. The molecule has 3 aromatic carbocycles. The highest BCUT2D eigenvalue weighted by molar-refractivity contribution is 5.95. The van der Waals surface area contributed by atoms with Crippen molar-refractivity contribution in [1.82, 2.24) is 21.5 Å². The van der Waals surface area contributed by atoms with Gasteiger partial charge in [0, 0.05) is 18.2 Å². The van der Waals surface area contributed by atoms with Gasteiger partial charge in [0.05, 0.1) is 0 Å². The molecule has 0 aliphatic carbocycles. The molecule has 9 heteroatoms. The highest BCUT2D eigenvalue weighted by Gasteiger charge is 2.09. The van der Waals surface area contributed by atoms with Crippen molar-refractivity contribution in [2.45, 2.75) is 33.0 Å². The Morgan fingerprint density at radius 3 is 2.03 bits per heavy atom. The molecule has 3 aromatic rings. The standard InChI is InChI=1S/C27H30N4O5/c1-19(2)29-27(34)28-16-20-8-10-22(11-9-20)26(33)31-30-25(32)18-36-24-14-12-23(13-15-24)35-17-21-6-4-3-5-7-21/h3-15,19H,16-18H2,1-2H3,(H,30,32)(H,31,33)(H2,28,29,34). The van der Waals surface area contributed by atoms with E-state index in [0.29, 0.717) is 30.2 Å². The lowest BCUT2D eigenvalue weighted by molar-refractivity contribution is -0.123. The van der Waals surface area contributed by atoms with Crippen molar-refractivity contribution in [3.05, 3.63) is 95.6 Å². The molecule has 3 rings (SSSR count). The van der Waals surface area contributed by atoms with Crippen LogP contribution in [0.5, 0.6) is 11.5 Å². The molecule has 0 saturated carbocycles. The van der Waals surface area contributed by atoms with E-state index in [1.165, 1.54) is 0 Å². The van der Waals surface area contributed by atoms with Gasteiger partial charge in [0.25, 0.3) is 11.8 Å². The van der Waals surface area contributed by atoms with E-state index in [2.05, 4.69) is 21.5 Å². The number of urea groups is 1. The van der Waals surface area contributed by atoms with Crippen molar-refractivity contribution in [3.8, 4) is 11.5 Å². The number of ether oxygens (including phenoxy) is 2. The first-order valence-corrected chi connectivity index (χ1v) is 11.5. The zero-order chi connectivity index (χ0) is 25.8. The Kier molecular flexibility index (Phi) is 9.69. The number of carbonyl (C=O) groups is 3. The van der Waals surface area contributed by atoms with Crippen molar-refractivity contribution in [1.29, 1.82) is 0 Å². The molecule has 4 N–H and O–H groups in total. The molecular weight excluding hydrogens is 460 g/mol. The quantitative estimate of drug-likeness (QED) is 0.325. The molecule has 0 saturated heterocycles. The Balaban J connectivity index is 1.35. The molecule has 0 spiro atoms. The molecule has 4 amide bonds. The fourth-order valence-electron chi connectivity index (χ4n) is 3.03. The Morgan fingerprint density at radius 2 is 1.39 bits per heavy atom. The fourth-order valence-corrected chi connectivity index (χ4v) is 3.03. The molecule has 0 aromatic heterocycles. The van der Waals surface area contributed by atoms with E-state index in [0.717, 1.165) is 11.1 Å². The minimum Gasteiger partial charge on any atom is -0.489 e. The molecule has 0 atom stereocenters. The number of rotatable bonds is 10. The van der Waals surface area contributed by atoms with Crippen molar-refractivity contribution >= 4 is 17.8 Å². The normalized spacial score (nSPS) is 10.3. The van der Waals surface area contributed by atoms with Crippen LogP contribution < -0.4 is 31.0 Å². The lowest BCUT2D eigenvalue weighted by Gasteiger charge is -2.11. The molecule has 36 heavy (non-hydrogen) atoms. The zero-order valence-corrected chi connectivity index (χ0v) is 20.2. The van der Waals surface area contributed by atoms with Gasteiger partial charge in [-0.3, -0.25) is 20.4 Å². The van der Waals surface area contributed by atoms with Crippen LogP contribution in [0.25, 0.3) is 0 Å². The average molecular weight is 491 g/mol. The number of hydrogen-bond donors (Lipinski definition) is 4. The second kappa shape index (κ2) is 13.4. The summed E-state index contributed by atoms with van der Waals surface area (Å²) in [5.41, 5.74) is 6.93. The molecule has 0 radical (unpaired) electrons. The lowest BCUT2D eigenvalue weighted by atomic mass is 10.1. The predicted octanol–water partition coefficient (Wildman–Crippen LogP) is 3.31. The Hall–Kier alpha value is -4.53. The lowest BCUT2D eigenvalue weighted by Crippen LogP contribution is -2.43. The first-order chi connectivity index (χ1) is 17.4. The van der Waals surface area contributed by atoms with Crippen molar-refractivity contribution in [2.75, 3.05) is 6.61 Å². The van der Waals surface area contributed by atoms with Gasteiger partial charge in [-0.1, -0.05) is 42.5 Å². The maximum atomic E-state index is 12.3. The molecule has 188 valence electrons. The van der Waals surface area contributed by atoms with E-state index >= 15 is 0 Å². The van der Waals surface area contributed by atoms with Crippen LogP contribution in [0.15, 0.2) is 78.9 Å². The van der Waals surface area contributed by atoms with Crippen LogP contribution in [0.2, 0.25) is 0 Å². The van der Waals surface area contributed by atoms with Gasteiger partial charge in [0.1, 0.15) is 18.1 Å². The molecule has 9 nitrogen and oxygen atoms in total. The molecule has 0 fully saturated rings. The average Bonchev–Trinajstić information content (AvgIpc) is 2.89. The fraction of sp³-hybridized carbons (Fsp3) is 0.222. The number of hydrogen-bond acceptors (Lipinski definition) is 5. The minimum absolute atomic E-state index is 0.0435. The van der Waals surface area contributed by atoms with Crippen LogP contribution in [-0.4, -0.2) is 30.5 Å². The van der Waals surface area contributed by atoms with Gasteiger partial charge in [-0.05, 0) is 61.4 Å². The monoisotopic (exact) mass is 490 g/mol. The predicted molar refractivity (Wildman–Crippen MR) is 135 cm³/mol. The SMILES string of the molecule is CC(C)NC(=O)NCc1ccc(C(=O)NNC(=O)COc2ccc(OCc3ccccc3)cc2)cc1. The van der Waals surface area contributed by atoms with E-state index in [1.54, 1.807) is 48.5 Å². The summed E-state index contributed by atoms with van der Waals surface area (Å²) in [6.45, 7) is 4.26. The van der Waals surface area contributed by atoms with E-state index in [1.807, 2.05) is 44.2 Å². The Labute approximate surface area is 210 Å².